The molecular weight excluding hydrogens is 1140 g/mol. The summed E-state index contributed by atoms with van der Waals surface area (Å²) < 4.78 is 43.6. The van der Waals surface area contributed by atoms with E-state index in [9.17, 15) is 0 Å². The molecule has 0 amide bonds. The second-order valence-electron chi connectivity index (χ2n) is 27.5. The summed E-state index contributed by atoms with van der Waals surface area (Å²) in [4.78, 5) is 2.55. The summed E-state index contributed by atoms with van der Waals surface area (Å²) in [6, 6.07) is 58.1. The van der Waals surface area contributed by atoms with Gasteiger partial charge in [0.25, 0.3) is 6.71 Å². The number of fused-ring (bicyclic) bond motifs is 16. The van der Waals surface area contributed by atoms with E-state index in [1.54, 1.807) is 0 Å². The molecule has 0 saturated heterocycles. The van der Waals surface area contributed by atoms with E-state index in [-0.39, 0.29) is 20.1 Å². The van der Waals surface area contributed by atoms with Crippen molar-refractivity contribution in [1.29, 1.82) is 0 Å². The highest BCUT2D eigenvalue weighted by atomic mass is 16.5. The van der Waals surface area contributed by atoms with Crippen molar-refractivity contribution in [3.63, 3.8) is 0 Å². The highest BCUT2D eigenvalue weighted by molar-refractivity contribution is 7.03. The van der Waals surface area contributed by atoms with Gasteiger partial charge in [0.2, 0.25) is 0 Å². The van der Waals surface area contributed by atoms with E-state index >= 15 is 0 Å². The van der Waals surface area contributed by atoms with Crippen LogP contribution in [0.15, 0.2) is 167 Å². The summed E-state index contributed by atoms with van der Waals surface area (Å²) in [5.41, 5.74) is 37.1. The van der Waals surface area contributed by atoms with Gasteiger partial charge < -0.3 is 38.0 Å². The Labute approximate surface area is 542 Å². The van der Waals surface area contributed by atoms with Crippen LogP contribution in [0.3, 0.4) is 0 Å². The first kappa shape index (κ1) is 54.2. The molecule has 8 heterocycles. The Morgan fingerprint density at radius 2 is 0.742 bits per heavy atom. The lowest BCUT2D eigenvalue weighted by Gasteiger charge is -2.43. The lowest BCUT2D eigenvalue weighted by Crippen LogP contribution is -2.64. The van der Waals surface area contributed by atoms with Gasteiger partial charge in [-0.2, -0.15) is 0 Å². The number of nitrogens with one attached hydrogen (secondary N) is 1. The standard InChI is InChI=1S/C82H63B3N2O6/c1-39-21-43(5)72(44(6)22-39)51-29-61-75-68(31-51)90-79-54-17-13-15-19-64(54)92-81(79)84(75)56-35-57-62(37-60(56)86-61)87(78-49(11)27-42(4)28-50(78)12)63-30-52(73-45(7)23-40(2)24-46(73)8)32-69-76(63)83(57)58-36-59-67(38-66(58)88-69)89-70-33-53(74-47(9)25-41(3)26-48(74)10)34-71-77(70)85(59)82-80(91-71)55-18-14-16-20-65(55)93-82/h13-38,86H,1-12H3. The molecule has 19 rings (SSSR count). The number of rotatable bonds is 4. The number of aryl methyl sites for hydroxylation is 12. The maximum Gasteiger partial charge on any atom is 0.305 e. The van der Waals surface area contributed by atoms with Crippen molar-refractivity contribution in [2.75, 3.05) is 10.2 Å². The summed E-state index contributed by atoms with van der Waals surface area (Å²) in [5, 5.41) is 6.01. The van der Waals surface area contributed by atoms with Crippen molar-refractivity contribution in [2.24, 2.45) is 0 Å². The highest BCUT2D eigenvalue weighted by Crippen LogP contribution is 2.50. The molecule has 2 aromatic heterocycles. The third kappa shape index (κ3) is 7.65. The van der Waals surface area contributed by atoms with Gasteiger partial charge in [-0.05, 0) is 255 Å². The van der Waals surface area contributed by atoms with Crippen molar-refractivity contribution in [3.05, 3.63) is 224 Å². The number of ether oxygens (including phenoxy) is 4. The maximum absolute atomic E-state index is 7.66. The molecular formula is C82H63B3N2O6. The monoisotopic (exact) mass is 1200 g/mol. The molecule has 0 bridgehead atoms. The van der Waals surface area contributed by atoms with Gasteiger partial charge in [-0.25, -0.2) is 0 Å². The van der Waals surface area contributed by atoms with Gasteiger partial charge in [-0.15, -0.1) is 0 Å². The van der Waals surface area contributed by atoms with Gasteiger partial charge in [0.1, 0.15) is 57.0 Å². The van der Waals surface area contributed by atoms with Gasteiger partial charge in [0.05, 0.1) is 16.5 Å². The minimum atomic E-state index is -0.378. The fourth-order valence-electron chi connectivity index (χ4n) is 17.8. The SMILES string of the molecule is Cc1cc(C)c(-c2cc3c4c(c2)Oc2c(oc5ccccc25)B4c2cc4c(cc2N3)N(c2c(C)cc(C)cc2C)c2cc(-c3c(C)cc(C)cc3C)cc3c2B4c2cc4c(cc2O3)Oc2cc(-c3c(C)cc(C)cc3C)cc3c2B4c2oc4ccccc4c2O3)c(C)c1. The molecule has 0 spiro atoms. The lowest BCUT2D eigenvalue weighted by molar-refractivity contribution is 0.454. The van der Waals surface area contributed by atoms with Crippen LogP contribution in [-0.2, 0) is 0 Å². The van der Waals surface area contributed by atoms with Crippen LogP contribution in [0.1, 0.15) is 66.8 Å². The minimum absolute atomic E-state index is 0.328. The molecule has 1 N–H and O–H groups in total. The first-order chi connectivity index (χ1) is 45.0. The topological polar surface area (TPSA) is 78.5 Å². The van der Waals surface area contributed by atoms with E-state index in [0.717, 1.165) is 157 Å². The Kier molecular flexibility index (Phi) is 11.1. The normalized spacial score (nSPS) is 13.7. The molecule has 0 saturated carbocycles. The molecule has 11 heteroatoms. The van der Waals surface area contributed by atoms with Crippen molar-refractivity contribution in [1.82, 2.24) is 0 Å². The van der Waals surface area contributed by atoms with Crippen LogP contribution in [0.5, 0.6) is 46.0 Å². The Bertz CT molecular complexity index is 5540. The number of furan rings is 2. The number of nitrogens with zero attached hydrogens (tertiary/aromatic N) is 1. The van der Waals surface area contributed by atoms with Crippen LogP contribution in [-0.4, -0.2) is 20.1 Å². The van der Waals surface area contributed by atoms with E-state index in [2.05, 4.69) is 233 Å². The van der Waals surface area contributed by atoms with Gasteiger partial charge >= 0.3 is 13.4 Å². The van der Waals surface area contributed by atoms with Crippen LogP contribution in [0, 0.1) is 83.1 Å². The summed E-state index contributed by atoms with van der Waals surface area (Å²) in [6.45, 7) is 25.5. The van der Waals surface area contributed by atoms with E-state index in [0.29, 0.717) is 5.75 Å². The molecule has 6 aliphatic rings. The quantitative estimate of drug-likeness (QED) is 0.175. The first-order valence-electron chi connectivity index (χ1n) is 32.5. The number of hydrogen-bond acceptors (Lipinski definition) is 8. The zero-order valence-electron chi connectivity index (χ0n) is 54.1. The molecule has 93 heavy (non-hydrogen) atoms. The minimum Gasteiger partial charge on any atom is -0.466 e. The van der Waals surface area contributed by atoms with Crippen LogP contribution in [0.2, 0.25) is 0 Å². The second-order valence-corrected chi connectivity index (χ2v) is 27.5. The van der Waals surface area contributed by atoms with E-state index < -0.39 is 0 Å². The predicted octanol–water partition coefficient (Wildman–Crippen LogP) is 15.7. The molecule has 0 radical (unpaired) electrons. The number of hydrogen-bond donors (Lipinski definition) is 1. The second kappa shape index (κ2) is 19.0. The van der Waals surface area contributed by atoms with Crippen molar-refractivity contribution in [3.8, 4) is 79.4 Å². The Balaban J connectivity index is 0.895. The number of benzene rings is 11. The van der Waals surface area contributed by atoms with Crippen molar-refractivity contribution in [2.45, 2.75) is 83.1 Å². The average molecular weight is 1200 g/mol. The molecule has 0 fully saturated rings. The predicted molar refractivity (Wildman–Crippen MR) is 384 cm³/mol. The third-order valence-electron chi connectivity index (χ3n) is 20.9. The molecule has 0 aliphatic carbocycles. The van der Waals surface area contributed by atoms with Crippen LogP contribution < -0.4 is 78.7 Å². The van der Waals surface area contributed by atoms with Crippen LogP contribution >= 0.6 is 0 Å². The molecule has 8 nitrogen and oxygen atoms in total. The highest BCUT2D eigenvalue weighted by Gasteiger charge is 2.51. The largest absolute Gasteiger partial charge is 0.466 e. The van der Waals surface area contributed by atoms with Gasteiger partial charge in [-0.1, -0.05) is 107 Å². The zero-order chi connectivity index (χ0) is 63.0. The smallest absolute Gasteiger partial charge is 0.305 e. The Morgan fingerprint density at radius 3 is 1.27 bits per heavy atom. The first-order valence-corrected chi connectivity index (χ1v) is 32.5. The molecule has 0 unspecified atom stereocenters. The summed E-state index contributed by atoms with van der Waals surface area (Å²) >= 11 is 0. The van der Waals surface area contributed by atoms with Gasteiger partial charge in [0, 0.05) is 39.7 Å². The average Bonchev–Trinajstić information content (AvgIpc) is 1.32. The molecule has 0 atom stereocenters. The van der Waals surface area contributed by atoms with Gasteiger partial charge in [-0.3, -0.25) is 0 Å². The molecule has 6 aliphatic heterocycles. The molecule has 446 valence electrons. The third-order valence-corrected chi connectivity index (χ3v) is 20.9. The van der Waals surface area contributed by atoms with Crippen LogP contribution in [0.25, 0.3) is 55.3 Å². The van der Waals surface area contributed by atoms with E-state index in [1.165, 1.54) is 83.5 Å². The summed E-state index contributed by atoms with van der Waals surface area (Å²) in [5.74, 6) is 6.03. The fraction of sp³-hybridized carbons (Fsp3) is 0.146. The summed E-state index contributed by atoms with van der Waals surface area (Å²) in [7, 11) is 0. The lowest BCUT2D eigenvalue weighted by atomic mass is 9.30. The number of para-hydroxylation sites is 2. The van der Waals surface area contributed by atoms with Gasteiger partial charge in [0.15, 0.2) is 11.5 Å². The molecule has 11 aromatic carbocycles. The van der Waals surface area contributed by atoms with Crippen molar-refractivity contribution < 1.29 is 27.8 Å². The maximum atomic E-state index is 7.66. The Morgan fingerprint density at radius 1 is 0.323 bits per heavy atom. The summed E-state index contributed by atoms with van der Waals surface area (Å²) in [6.07, 6.45) is 0. The fourth-order valence-corrected chi connectivity index (χ4v) is 17.8. The van der Waals surface area contributed by atoms with E-state index in [4.69, 9.17) is 27.8 Å². The van der Waals surface area contributed by atoms with E-state index in [1.807, 2.05) is 18.2 Å². The molecule has 13 aromatic rings. The number of anilines is 5. The van der Waals surface area contributed by atoms with Crippen molar-refractivity contribution >= 4 is 120 Å². The zero-order valence-corrected chi connectivity index (χ0v) is 54.1. The Hall–Kier alpha value is -10.5. The van der Waals surface area contributed by atoms with Crippen LogP contribution in [0.4, 0.5) is 28.4 Å².